The molecule has 0 spiro atoms. The zero-order chi connectivity index (χ0) is 18.0. The first-order valence-electron chi connectivity index (χ1n) is 8.13. The van der Waals surface area contributed by atoms with E-state index in [0.29, 0.717) is 22.6 Å². The average molecular weight is 340 g/mol. The molecule has 1 amide bonds. The molecule has 0 aliphatic carbocycles. The summed E-state index contributed by atoms with van der Waals surface area (Å²) in [6.07, 6.45) is -0.117. The lowest BCUT2D eigenvalue weighted by Gasteiger charge is -2.38. The Labute approximate surface area is 146 Å². The summed E-state index contributed by atoms with van der Waals surface area (Å²) in [4.78, 5) is 23.8. The van der Waals surface area contributed by atoms with Crippen LogP contribution >= 0.6 is 0 Å². The van der Waals surface area contributed by atoms with E-state index in [1.54, 1.807) is 29.3 Å². The van der Waals surface area contributed by atoms with E-state index in [0.717, 1.165) is 0 Å². The highest BCUT2D eigenvalue weighted by Crippen LogP contribution is 2.35. The van der Waals surface area contributed by atoms with Crippen LogP contribution in [0.15, 0.2) is 48.5 Å². The summed E-state index contributed by atoms with van der Waals surface area (Å²) < 4.78 is 5.70. The van der Waals surface area contributed by atoms with Gasteiger partial charge in [0.25, 0.3) is 5.91 Å². The van der Waals surface area contributed by atoms with Crippen molar-refractivity contribution < 1.29 is 19.4 Å². The van der Waals surface area contributed by atoms with E-state index in [1.165, 1.54) is 0 Å². The van der Waals surface area contributed by atoms with Crippen molar-refractivity contribution in [3.05, 3.63) is 59.7 Å². The predicted octanol–water partition coefficient (Wildman–Crippen LogP) is 3.15. The normalized spacial score (nSPS) is 16.4. The van der Waals surface area contributed by atoms with Gasteiger partial charge in [0.2, 0.25) is 0 Å². The van der Waals surface area contributed by atoms with Gasteiger partial charge >= 0.3 is 5.97 Å². The van der Waals surface area contributed by atoms with Crippen molar-refractivity contribution in [3.8, 4) is 5.75 Å². The highest BCUT2D eigenvalue weighted by atomic mass is 16.5. The molecular formula is C19H20N2O4. The Morgan fingerprint density at radius 3 is 2.72 bits per heavy atom. The largest absolute Gasteiger partial charge is 0.491 e. The number of nitrogens with zero attached hydrogens (tertiary/aromatic N) is 1. The first kappa shape index (κ1) is 16.8. The number of fused-ring (bicyclic) bond motifs is 1. The van der Waals surface area contributed by atoms with Crippen LogP contribution < -0.4 is 15.2 Å². The molecule has 2 aromatic carbocycles. The van der Waals surface area contributed by atoms with E-state index < -0.39 is 12.0 Å². The molecule has 1 atom stereocenters. The Morgan fingerprint density at radius 2 is 2.00 bits per heavy atom. The van der Waals surface area contributed by atoms with E-state index in [9.17, 15) is 14.7 Å². The molecule has 2 N–H and O–H groups in total. The molecule has 6 nitrogen and oxygen atoms in total. The number of ether oxygens (including phenoxy) is 1. The number of carboxylic acid groups (broad SMARTS) is 1. The molecule has 0 bridgehead atoms. The van der Waals surface area contributed by atoms with Crippen LogP contribution in [0.25, 0.3) is 0 Å². The SMILES string of the molecule is CC(C)Oc1cccc(N2NC(=O)c3ccccc3C2CC(=O)O)c1. The summed E-state index contributed by atoms with van der Waals surface area (Å²) in [5.74, 6) is -0.530. The standard InChI is InChI=1S/C19H20N2O4/c1-12(2)25-14-7-5-6-13(10-14)21-17(11-18(22)23)15-8-3-4-9-16(15)19(24)20-21/h3-10,12,17H,11H2,1-2H3,(H,20,24)(H,22,23). The number of hydrogen-bond acceptors (Lipinski definition) is 4. The topological polar surface area (TPSA) is 78.9 Å². The van der Waals surface area contributed by atoms with Crippen LogP contribution in [0.2, 0.25) is 0 Å². The molecule has 1 unspecified atom stereocenters. The zero-order valence-corrected chi connectivity index (χ0v) is 14.1. The van der Waals surface area contributed by atoms with Gasteiger partial charge in [-0.1, -0.05) is 24.3 Å². The molecule has 2 aromatic rings. The maximum Gasteiger partial charge on any atom is 0.305 e. The van der Waals surface area contributed by atoms with Gasteiger partial charge in [-0.05, 0) is 37.6 Å². The monoisotopic (exact) mass is 340 g/mol. The van der Waals surface area contributed by atoms with Crippen LogP contribution in [0.3, 0.4) is 0 Å². The number of hydrogen-bond donors (Lipinski definition) is 2. The second-order valence-corrected chi connectivity index (χ2v) is 6.18. The molecule has 25 heavy (non-hydrogen) atoms. The molecule has 1 aliphatic rings. The van der Waals surface area contributed by atoms with Gasteiger partial charge in [-0.3, -0.25) is 20.0 Å². The second kappa shape index (κ2) is 6.84. The quantitative estimate of drug-likeness (QED) is 0.874. The molecular weight excluding hydrogens is 320 g/mol. The number of hydrazine groups is 1. The summed E-state index contributed by atoms with van der Waals surface area (Å²) in [6, 6.07) is 13.8. The third-order valence-electron chi connectivity index (χ3n) is 3.93. The molecule has 130 valence electrons. The molecule has 0 aromatic heterocycles. The number of amides is 1. The molecule has 0 saturated carbocycles. The number of anilines is 1. The van der Waals surface area contributed by atoms with E-state index in [1.807, 2.05) is 38.1 Å². The summed E-state index contributed by atoms with van der Waals surface area (Å²) >= 11 is 0. The molecule has 3 rings (SSSR count). The third-order valence-corrected chi connectivity index (χ3v) is 3.93. The number of carbonyl (C=O) groups is 2. The number of aliphatic carboxylic acids is 1. The summed E-state index contributed by atoms with van der Waals surface area (Å²) in [5, 5.41) is 10.9. The minimum atomic E-state index is -0.935. The number of nitrogens with one attached hydrogen (secondary N) is 1. The number of carboxylic acids is 1. The van der Waals surface area contributed by atoms with Crippen LogP contribution in [0.1, 0.15) is 42.2 Å². The first-order valence-corrected chi connectivity index (χ1v) is 8.13. The fraction of sp³-hybridized carbons (Fsp3) is 0.263. The van der Waals surface area contributed by atoms with Crippen molar-refractivity contribution in [1.29, 1.82) is 0 Å². The predicted molar refractivity (Wildman–Crippen MR) is 93.6 cm³/mol. The second-order valence-electron chi connectivity index (χ2n) is 6.18. The van der Waals surface area contributed by atoms with Gasteiger partial charge in [0.05, 0.1) is 24.3 Å². The Balaban J connectivity index is 2.02. The smallest absolute Gasteiger partial charge is 0.305 e. The molecule has 0 radical (unpaired) electrons. The molecule has 0 saturated heterocycles. The minimum Gasteiger partial charge on any atom is -0.491 e. The van der Waals surface area contributed by atoms with Crippen molar-refractivity contribution in [2.24, 2.45) is 0 Å². The zero-order valence-electron chi connectivity index (χ0n) is 14.1. The van der Waals surface area contributed by atoms with Crippen molar-refractivity contribution in [2.75, 3.05) is 5.01 Å². The lowest BCUT2D eigenvalue weighted by atomic mass is 9.94. The maximum atomic E-state index is 12.4. The Kier molecular flexibility index (Phi) is 4.61. The highest BCUT2D eigenvalue weighted by Gasteiger charge is 2.33. The summed E-state index contributed by atoms with van der Waals surface area (Å²) in [6.45, 7) is 3.86. The fourth-order valence-electron chi connectivity index (χ4n) is 2.97. The summed E-state index contributed by atoms with van der Waals surface area (Å²) in [7, 11) is 0. The van der Waals surface area contributed by atoms with Gasteiger partial charge < -0.3 is 9.84 Å². The minimum absolute atomic E-state index is 0.0155. The summed E-state index contributed by atoms with van der Waals surface area (Å²) in [5.41, 5.74) is 4.67. The van der Waals surface area contributed by atoms with Crippen LogP contribution in [-0.4, -0.2) is 23.1 Å². The van der Waals surface area contributed by atoms with Crippen LogP contribution in [0, 0.1) is 0 Å². The highest BCUT2D eigenvalue weighted by molar-refractivity contribution is 5.98. The fourth-order valence-corrected chi connectivity index (χ4v) is 2.97. The number of carbonyl (C=O) groups excluding carboxylic acids is 1. The first-order chi connectivity index (χ1) is 12.0. The van der Waals surface area contributed by atoms with Crippen LogP contribution in [0.5, 0.6) is 5.75 Å². The van der Waals surface area contributed by atoms with Gasteiger partial charge in [-0.25, -0.2) is 0 Å². The van der Waals surface area contributed by atoms with E-state index in [2.05, 4.69) is 5.43 Å². The van der Waals surface area contributed by atoms with Gasteiger partial charge in [0.15, 0.2) is 0 Å². The van der Waals surface area contributed by atoms with Gasteiger partial charge in [0.1, 0.15) is 5.75 Å². The molecule has 0 fully saturated rings. The Hall–Kier alpha value is -3.02. The van der Waals surface area contributed by atoms with Crippen molar-refractivity contribution in [2.45, 2.75) is 32.4 Å². The van der Waals surface area contributed by atoms with Crippen molar-refractivity contribution in [1.82, 2.24) is 5.43 Å². The molecule has 1 aliphatic heterocycles. The maximum absolute atomic E-state index is 12.4. The third kappa shape index (κ3) is 3.57. The van der Waals surface area contributed by atoms with Gasteiger partial charge in [-0.2, -0.15) is 0 Å². The van der Waals surface area contributed by atoms with Crippen LogP contribution in [-0.2, 0) is 4.79 Å². The lowest BCUT2D eigenvalue weighted by molar-refractivity contribution is -0.137. The average Bonchev–Trinajstić information content (AvgIpc) is 2.56. The van der Waals surface area contributed by atoms with Gasteiger partial charge in [-0.15, -0.1) is 0 Å². The number of benzene rings is 2. The Morgan fingerprint density at radius 1 is 1.24 bits per heavy atom. The van der Waals surface area contributed by atoms with E-state index >= 15 is 0 Å². The Bertz CT molecular complexity index is 804. The van der Waals surface area contributed by atoms with Crippen molar-refractivity contribution >= 4 is 17.6 Å². The lowest BCUT2D eigenvalue weighted by Crippen LogP contribution is -2.50. The van der Waals surface area contributed by atoms with E-state index in [4.69, 9.17) is 4.74 Å². The number of rotatable bonds is 5. The van der Waals surface area contributed by atoms with Crippen LogP contribution in [0.4, 0.5) is 5.69 Å². The van der Waals surface area contributed by atoms with Crippen molar-refractivity contribution in [3.63, 3.8) is 0 Å². The van der Waals surface area contributed by atoms with E-state index in [-0.39, 0.29) is 18.4 Å². The molecule has 6 heteroatoms. The van der Waals surface area contributed by atoms with Gasteiger partial charge in [0, 0.05) is 11.6 Å². The molecule has 1 heterocycles.